The molecule has 26 heavy (non-hydrogen) atoms. The van der Waals surface area contributed by atoms with Crippen molar-refractivity contribution in [2.24, 2.45) is 0 Å². The minimum atomic E-state index is 0. The fraction of sp³-hybridized carbons (Fsp3) is 0.0870. The molecule has 1 N–H and O–H groups in total. The van der Waals surface area contributed by atoms with Gasteiger partial charge in [-0.2, -0.15) is 0 Å². The molecule has 130 valence electrons. The number of aromatic nitrogens is 1. The molecule has 4 rings (SSSR count). The molecule has 0 atom stereocenters. The normalized spacial score (nSPS) is 10.4. The van der Waals surface area contributed by atoms with Crippen molar-refractivity contribution in [3.8, 4) is 11.3 Å². The van der Waals surface area contributed by atoms with E-state index in [0.717, 1.165) is 33.5 Å². The number of nitrogens with one attached hydrogen (secondary N) is 1. The first-order valence-corrected chi connectivity index (χ1v) is 8.49. The van der Waals surface area contributed by atoms with Crippen LogP contribution in [0.2, 0.25) is 0 Å². The number of rotatable bonds is 3. The van der Waals surface area contributed by atoms with Gasteiger partial charge < -0.3 is 5.32 Å². The Balaban J connectivity index is 0.00000196. The topological polar surface area (TPSA) is 24.9 Å². The van der Waals surface area contributed by atoms with E-state index in [0.29, 0.717) is 0 Å². The van der Waals surface area contributed by atoms with E-state index in [2.05, 4.69) is 92.0 Å². The second kappa shape index (κ2) is 7.59. The number of aryl methyl sites for hydroxylation is 2. The maximum Gasteiger partial charge on any atom is 0.0730 e. The Bertz CT molecular complexity index is 1040. The van der Waals surface area contributed by atoms with E-state index in [-0.39, 0.29) is 12.4 Å². The standard InChI is InChI=1S/C23H20N2.ClH/c1-16-10-12-19(13-11-16)24-23-15-22(18-7-5-6-17(2)14-18)25-21-9-4-3-8-20(21)23;/h3-15H,1-2H3,(H,24,25);1H. The molecule has 0 bridgehead atoms. The van der Waals surface area contributed by atoms with Crippen molar-refractivity contribution in [2.45, 2.75) is 13.8 Å². The van der Waals surface area contributed by atoms with E-state index in [1.54, 1.807) is 0 Å². The summed E-state index contributed by atoms with van der Waals surface area (Å²) in [6, 6.07) is 27.3. The van der Waals surface area contributed by atoms with Gasteiger partial charge in [-0.1, -0.05) is 59.7 Å². The summed E-state index contributed by atoms with van der Waals surface area (Å²) in [5.41, 5.74) is 7.76. The predicted octanol–water partition coefficient (Wildman–Crippen LogP) is 6.68. The monoisotopic (exact) mass is 360 g/mol. The van der Waals surface area contributed by atoms with Crippen LogP contribution in [0.1, 0.15) is 11.1 Å². The first-order chi connectivity index (χ1) is 12.2. The zero-order valence-corrected chi connectivity index (χ0v) is 15.7. The highest BCUT2D eigenvalue weighted by Gasteiger charge is 2.08. The Morgan fingerprint density at radius 2 is 1.50 bits per heavy atom. The first kappa shape index (κ1) is 18.0. The van der Waals surface area contributed by atoms with Crippen LogP contribution >= 0.6 is 12.4 Å². The fourth-order valence-corrected chi connectivity index (χ4v) is 3.02. The molecule has 2 nitrogen and oxygen atoms in total. The Morgan fingerprint density at radius 1 is 0.731 bits per heavy atom. The van der Waals surface area contributed by atoms with Crippen molar-refractivity contribution < 1.29 is 0 Å². The third-order valence-electron chi connectivity index (χ3n) is 4.36. The number of fused-ring (bicyclic) bond motifs is 1. The average molecular weight is 361 g/mol. The molecule has 0 amide bonds. The van der Waals surface area contributed by atoms with Crippen molar-refractivity contribution in [3.63, 3.8) is 0 Å². The molecular formula is C23H21ClN2. The van der Waals surface area contributed by atoms with Crippen LogP contribution in [0, 0.1) is 13.8 Å². The minimum absolute atomic E-state index is 0. The van der Waals surface area contributed by atoms with Gasteiger partial charge in [0.05, 0.1) is 16.9 Å². The zero-order valence-electron chi connectivity index (χ0n) is 14.9. The molecule has 0 aliphatic rings. The third-order valence-corrected chi connectivity index (χ3v) is 4.36. The Kier molecular flexibility index (Phi) is 5.24. The molecule has 0 aliphatic heterocycles. The van der Waals surface area contributed by atoms with Crippen LogP contribution in [0.3, 0.4) is 0 Å². The first-order valence-electron chi connectivity index (χ1n) is 8.49. The van der Waals surface area contributed by atoms with Gasteiger partial charge in [0.25, 0.3) is 0 Å². The lowest BCUT2D eigenvalue weighted by Crippen LogP contribution is -1.95. The molecule has 0 aliphatic carbocycles. The van der Waals surface area contributed by atoms with Crippen LogP contribution in [-0.2, 0) is 0 Å². The Hall–Kier alpha value is -2.84. The molecule has 4 aromatic rings. The summed E-state index contributed by atoms with van der Waals surface area (Å²) in [5, 5.41) is 4.68. The number of pyridine rings is 1. The highest BCUT2D eigenvalue weighted by Crippen LogP contribution is 2.30. The summed E-state index contributed by atoms with van der Waals surface area (Å²) < 4.78 is 0. The summed E-state index contributed by atoms with van der Waals surface area (Å²) in [6.07, 6.45) is 0. The van der Waals surface area contributed by atoms with Crippen LogP contribution in [0.4, 0.5) is 11.4 Å². The van der Waals surface area contributed by atoms with Crippen molar-refractivity contribution in [1.82, 2.24) is 4.98 Å². The SMILES string of the molecule is Cc1ccc(Nc2cc(-c3cccc(C)c3)nc3ccccc23)cc1.Cl. The average Bonchev–Trinajstić information content (AvgIpc) is 2.63. The molecule has 0 fully saturated rings. The van der Waals surface area contributed by atoms with Crippen molar-refractivity contribution in [2.75, 3.05) is 5.32 Å². The number of benzene rings is 3. The molecule has 0 saturated carbocycles. The smallest absolute Gasteiger partial charge is 0.0730 e. The molecule has 0 unspecified atom stereocenters. The summed E-state index contributed by atoms with van der Waals surface area (Å²) in [7, 11) is 0. The van der Waals surface area contributed by atoms with Crippen LogP contribution in [-0.4, -0.2) is 4.98 Å². The summed E-state index contributed by atoms with van der Waals surface area (Å²) >= 11 is 0. The quantitative estimate of drug-likeness (QED) is 0.440. The summed E-state index contributed by atoms with van der Waals surface area (Å²) in [5.74, 6) is 0. The number of para-hydroxylation sites is 1. The third kappa shape index (κ3) is 3.71. The van der Waals surface area contributed by atoms with Gasteiger partial charge in [-0.05, 0) is 44.2 Å². The Morgan fingerprint density at radius 3 is 2.27 bits per heavy atom. The molecule has 1 heterocycles. The molecule has 0 spiro atoms. The van der Waals surface area contributed by atoms with Crippen molar-refractivity contribution >= 4 is 34.7 Å². The maximum atomic E-state index is 4.86. The maximum absolute atomic E-state index is 4.86. The molecule has 3 heteroatoms. The minimum Gasteiger partial charge on any atom is -0.355 e. The van der Waals surface area contributed by atoms with E-state index in [9.17, 15) is 0 Å². The zero-order chi connectivity index (χ0) is 17.2. The molecular weight excluding hydrogens is 340 g/mol. The lowest BCUT2D eigenvalue weighted by molar-refractivity contribution is 1.37. The fourth-order valence-electron chi connectivity index (χ4n) is 3.02. The summed E-state index contributed by atoms with van der Waals surface area (Å²) in [4.78, 5) is 4.86. The number of nitrogens with zero attached hydrogens (tertiary/aromatic N) is 1. The largest absolute Gasteiger partial charge is 0.355 e. The molecule has 1 aromatic heterocycles. The highest BCUT2D eigenvalue weighted by atomic mass is 35.5. The van der Waals surface area contributed by atoms with Gasteiger partial charge in [-0.15, -0.1) is 12.4 Å². The number of hydrogen-bond donors (Lipinski definition) is 1. The highest BCUT2D eigenvalue weighted by molar-refractivity contribution is 5.95. The van der Waals surface area contributed by atoms with Gasteiger partial charge in [0, 0.05) is 16.6 Å². The second-order valence-electron chi connectivity index (χ2n) is 6.43. The van der Waals surface area contributed by atoms with E-state index in [4.69, 9.17) is 4.98 Å². The van der Waals surface area contributed by atoms with Gasteiger partial charge in [-0.3, -0.25) is 0 Å². The van der Waals surface area contributed by atoms with Crippen LogP contribution in [0.5, 0.6) is 0 Å². The van der Waals surface area contributed by atoms with Gasteiger partial charge in [0.15, 0.2) is 0 Å². The van der Waals surface area contributed by atoms with Gasteiger partial charge in [-0.25, -0.2) is 4.98 Å². The number of halogens is 1. The van der Waals surface area contributed by atoms with E-state index >= 15 is 0 Å². The lowest BCUT2D eigenvalue weighted by Gasteiger charge is -2.13. The second-order valence-corrected chi connectivity index (χ2v) is 6.43. The van der Waals surface area contributed by atoms with Crippen LogP contribution in [0.15, 0.2) is 78.9 Å². The molecule has 3 aromatic carbocycles. The summed E-state index contributed by atoms with van der Waals surface area (Å²) in [6.45, 7) is 4.21. The van der Waals surface area contributed by atoms with Crippen molar-refractivity contribution in [1.29, 1.82) is 0 Å². The number of hydrogen-bond acceptors (Lipinski definition) is 2. The number of anilines is 2. The van der Waals surface area contributed by atoms with Crippen LogP contribution in [0.25, 0.3) is 22.2 Å². The van der Waals surface area contributed by atoms with Crippen molar-refractivity contribution in [3.05, 3.63) is 90.0 Å². The van der Waals surface area contributed by atoms with Gasteiger partial charge >= 0.3 is 0 Å². The van der Waals surface area contributed by atoms with E-state index in [1.807, 2.05) is 6.07 Å². The van der Waals surface area contributed by atoms with E-state index in [1.165, 1.54) is 11.1 Å². The molecule has 0 radical (unpaired) electrons. The molecule has 0 saturated heterocycles. The lowest BCUT2D eigenvalue weighted by atomic mass is 10.1. The predicted molar refractivity (Wildman–Crippen MR) is 114 cm³/mol. The van der Waals surface area contributed by atoms with Crippen LogP contribution < -0.4 is 5.32 Å². The van der Waals surface area contributed by atoms with Gasteiger partial charge in [0.1, 0.15) is 0 Å². The Labute approximate surface area is 160 Å². The van der Waals surface area contributed by atoms with E-state index < -0.39 is 0 Å². The van der Waals surface area contributed by atoms with Gasteiger partial charge in [0.2, 0.25) is 0 Å².